The third-order valence-electron chi connectivity index (χ3n) is 1.79. The van der Waals surface area contributed by atoms with Crippen LogP contribution >= 0.6 is 15.9 Å². The normalized spacial score (nSPS) is 11.5. The predicted octanol–water partition coefficient (Wildman–Crippen LogP) is 3.68. The molecule has 82 valence electrons. The number of hydrogen-bond donors (Lipinski definition) is 0. The van der Waals surface area contributed by atoms with Crippen LogP contribution in [0.2, 0.25) is 0 Å². The van der Waals surface area contributed by atoms with Crippen molar-refractivity contribution in [1.82, 2.24) is 0 Å². The van der Waals surface area contributed by atoms with Crippen LogP contribution in [0.4, 0.5) is 18.9 Å². The Labute approximate surface area is 91.2 Å². The zero-order valence-electron chi connectivity index (χ0n) is 7.43. The van der Waals surface area contributed by atoms with Crippen LogP contribution in [-0.4, -0.2) is 4.92 Å². The molecule has 0 N–H and O–H groups in total. The molecule has 15 heavy (non-hydrogen) atoms. The van der Waals surface area contributed by atoms with Gasteiger partial charge in [0.15, 0.2) is 0 Å². The molecule has 1 rings (SSSR count). The Morgan fingerprint density at radius 1 is 1.40 bits per heavy atom. The molecule has 0 fully saturated rings. The third kappa shape index (κ3) is 2.28. The van der Waals surface area contributed by atoms with E-state index in [2.05, 4.69) is 15.9 Å². The highest BCUT2D eigenvalue weighted by Crippen LogP contribution is 2.42. The number of aryl methyl sites for hydroxylation is 1. The van der Waals surface area contributed by atoms with Crippen LogP contribution in [0, 0.1) is 17.0 Å². The lowest BCUT2D eigenvalue weighted by Crippen LogP contribution is -2.11. The number of nitro groups is 1. The van der Waals surface area contributed by atoms with E-state index in [0.29, 0.717) is 0 Å². The molecular formula is C8H5BrF3NO2. The maximum atomic E-state index is 12.5. The molecule has 1 aromatic carbocycles. The Bertz CT molecular complexity index is 417. The molecule has 0 bridgehead atoms. The van der Waals surface area contributed by atoms with E-state index in [-0.39, 0.29) is 10.0 Å². The molecule has 0 spiro atoms. The molecule has 0 atom stereocenters. The average molecular weight is 284 g/mol. The number of nitro benzene ring substituents is 1. The fourth-order valence-electron chi connectivity index (χ4n) is 1.18. The van der Waals surface area contributed by atoms with Gasteiger partial charge in [-0.1, -0.05) is 6.07 Å². The highest BCUT2D eigenvalue weighted by molar-refractivity contribution is 9.10. The Balaban J connectivity index is 3.60. The molecule has 1 aromatic rings. The van der Waals surface area contributed by atoms with Crippen LogP contribution < -0.4 is 0 Å². The number of hydrogen-bond acceptors (Lipinski definition) is 2. The minimum absolute atomic E-state index is 0.0180. The molecule has 0 amide bonds. The molecule has 7 heteroatoms. The first kappa shape index (κ1) is 12.0. The molecule has 0 aromatic heterocycles. The monoisotopic (exact) mass is 283 g/mol. The minimum atomic E-state index is -4.74. The van der Waals surface area contributed by atoms with Crippen molar-refractivity contribution in [3.05, 3.63) is 37.8 Å². The summed E-state index contributed by atoms with van der Waals surface area (Å²) in [7, 11) is 0. The fraction of sp³-hybridized carbons (Fsp3) is 0.250. The first-order valence-electron chi connectivity index (χ1n) is 3.76. The number of halogens is 4. The second kappa shape index (κ2) is 3.80. The van der Waals surface area contributed by atoms with Gasteiger partial charge < -0.3 is 0 Å². The van der Waals surface area contributed by atoms with Gasteiger partial charge in [0, 0.05) is 10.0 Å². The summed E-state index contributed by atoms with van der Waals surface area (Å²) >= 11 is 2.66. The molecule has 3 nitrogen and oxygen atoms in total. The van der Waals surface area contributed by atoms with Gasteiger partial charge in [-0.2, -0.15) is 13.2 Å². The lowest BCUT2D eigenvalue weighted by atomic mass is 10.1. The van der Waals surface area contributed by atoms with Crippen LogP contribution in [0.25, 0.3) is 0 Å². The summed E-state index contributed by atoms with van der Waals surface area (Å²) in [5.74, 6) is 0. The standard InChI is InChI=1S/C8H5BrF3NO2/c1-4-2-3-5(9)6(8(10,11)12)7(4)13(14)15/h2-3H,1H3. The Hall–Kier alpha value is -1.11. The minimum Gasteiger partial charge on any atom is -0.258 e. The van der Waals surface area contributed by atoms with Gasteiger partial charge in [0.2, 0.25) is 0 Å². The molecule has 0 saturated carbocycles. The van der Waals surface area contributed by atoms with E-state index in [1.54, 1.807) is 0 Å². The Morgan fingerprint density at radius 3 is 2.27 bits per heavy atom. The van der Waals surface area contributed by atoms with Crippen LogP contribution in [0.15, 0.2) is 16.6 Å². The van der Waals surface area contributed by atoms with Crippen LogP contribution in [0.3, 0.4) is 0 Å². The van der Waals surface area contributed by atoms with E-state index in [4.69, 9.17) is 0 Å². The summed E-state index contributed by atoms with van der Waals surface area (Å²) in [5, 5.41) is 10.5. The number of alkyl halides is 3. The van der Waals surface area contributed by atoms with E-state index in [1.165, 1.54) is 13.0 Å². The molecule has 0 unspecified atom stereocenters. The third-order valence-corrected chi connectivity index (χ3v) is 2.46. The van der Waals surface area contributed by atoms with E-state index in [9.17, 15) is 23.3 Å². The van der Waals surface area contributed by atoms with Gasteiger partial charge in [-0.3, -0.25) is 10.1 Å². The molecule has 0 aliphatic carbocycles. The van der Waals surface area contributed by atoms with Crippen molar-refractivity contribution in [2.24, 2.45) is 0 Å². The van der Waals surface area contributed by atoms with E-state index in [0.717, 1.165) is 6.07 Å². The van der Waals surface area contributed by atoms with Gasteiger partial charge in [-0.25, -0.2) is 0 Å². The van der Waals surface area contributed by atoms with Crippen molar-refractivity contribution in [2.75, 3.05) is 0 Å². The lowest BCUT2D eigenvalue weighted by Gasteiger charge is -2.10. The fourth-order valence-corrected chi connectivity index (χ4v) is 1.72. The highest BCUT2D eigenvalue weighted by Gasteiger charge is 2.41. The zero-order chi connectivity index (χ0) is 11.8. The Morgan fingerprint density at radius 2 is 1.93 bits per heavy atom. The van der Waals surface area contributed by atoms with Gasteiger partial charge in [-0.05, 0) is 28.9 Å². The van der Waals surface area contributed by atoms with Crippen molar-refractivity contribution in [3.8, 4) is 0 Å². The highest BCUT2D eigenvalue weighted by atomic mass is 79.9. The average Bonchev–Trinajstić information content (AvgIpc) is 2.05. The van der Waals surface area contributed by atoms with E-state index >= 15 is 0 Å². The number of nitrogens with zero attached hydrogens (tertiary/aromatic N) is 1. The van der Waals surface area contributed by atoms with E-state index < -0.39 is 22.4 Å². The summed E-state index contributed by atoms with van der Waals surface area (Å²) in [6, 6.07) is 2.41. The smallest absolute Gasteiger partial charge is 0.258 e. The first-order valence-corrected chi connectivity index (χ1v) is 4.55. The summed E-state index contributed by atoms with van der Waals surface area (Å²) in [4.78, 5) is 9.50. The molecule has 0 saturated heterocycles. The second-order valence-corrected chi connectivity index (χ2v) is 3.70. The SMILES string of the molecule is Cc1ccc(Br)c(C(F)(F)F)c1[N+](=O)[O-]. The van der Waals surface area contributed by atoms with Gasteiger partial charge in [0.25, 0.3) is 5.69 Å². The number of benzene rings is 1. The summed E-state index contributed by atoms with van der Waals surface area (Å²) in [5.41, 5.74) is -2.17. The lowest BCUT2D eigenvalue weighted by molar-refractivity contribution is -0.388. The summed E-state index contributed by atoms with van der Waals surface area (Å²) in [6.07, 6.45) is -4.74. The van der Waals surface area contributed by atoms with E-state index in [1.807, 2.05) is 0 Å². The maximum Gasteiger partial charge on any atom is 0.424 e. The van der Waals surface area contributed by atoms with Crippen LogP contribution in [0.1, 0.15) is 11.1 Å². The largest absolute Gasteiger partial charge is 0.424 e. The van der Waals surface area contributed by atoms with Gasteiger partial charge in [-0.15, -0.1) is 0 Å². The number of rotatable bonds is 1. The summed E-state index contributed by atoms with van der Waals surface area (Å²) in [6.45, 7) is 1.26. The van der Waals surface area contributed by atoms with Gasteiger partial charge in [0.05, 0.1) is 4.92 Å². The van der Waals surface area contributed by atoms with Crippen molar-refractivity contribution >= 4 is 21.6 Å². The van der Waals surface area contributed by atoms with Gasteiger partial charge in [0.1, 0.15) is 5.56 Å². The van der Waals surface area contributed by atoms with Crippen molar-refractivity contribution in [3.63, 3.8) is 0 Å². The summed E-state index contributed by atoms with van der Waals surface area (Å²) < 4.78 is 37.2. The predicted molar refractivity (Wildman–Crippen MR) is 50.5 cm³/mol. The molecule has 0 radical (unpaired) electrons. The van der Waals surface area contributed by atoms with Crippen molar-refractivity contribution in [2.45, 2.75) is 13.1 Å². The molecule has 0 aliphatic rings. The zero-order valence-corrected chi connectivity index (χ0v) is 9.02. The molecule has 0 heterocycles. The molecule has 0 aliphatic heterocycles. The quantitative estimate of drug-likeness (QED) is 0.583. The van der Waals surface area contributed by atoms with Gasteiger partial charge >= 0.3 is 6.18 Å². The second-order valence-electron chi connectivity index (χ2n) is 2.84. The maximum absolute atomic E-state index is 12.5. The van der Waals surface area contributed by atoms with Crippen molar-refractivity contribution < 1.29 is 18.1 Å². The van der Waals surface area contributed by atoms with Crippen LogP contribution in [-0.2, 0) is 6.18 Å². The van der Waals surface area contributed by atoms with Crippen molar-refractivity contribution in [1.29, 1.82) is 0 Å². The first-order chi connectivity index (χ1) is 6.75. The Kier molecular flexibility index (Phi) is 3.03. The topological polar surface area (TPSA) is 43.1 Å². The molecular weight excluding hydrogens is 279 g/mol. The van der Waals surface area contributed by atoms with Crippen LogP contribution in [0.5, 0.6) is 0 Å².